The number of hydrogen-bond donors (Lipinski definition) is 1. The molecule has 0 spiro atoms. The predicted octanol–water partition coefficient (Wildman–Crippen LogP) is 3.61. The highest BCUT2D eigenvalue weighted by molar-refractivity contribution is 5.58. The van der Waals surface area contributed by atoms with Crippen LogP contribution in [0.25, 0.3) is 11.5 Å². The summed E-state index contributed by atoms with van der Waals surface area (Å²) in [6, 6.07) is 12.1. The summed E-state index contributed by atoms with van der Waals surface area (Å²) < 4.78 is 5.41. The molecule has 106 valence electrons. The van der Waals surface area contributed by atoms with Gasteiger partial charge in [0.2, 0.25) is 11.8 Å². The number of rotatable bonds is 4. The van der Waals surface area contributed by atoms with E-state index >= 15 is 0 Å². The zero-order valence-corrected chi connectivity index (χ0v) is 11.9. The molecular formula is C16H16N4O. The van der Waals surface area contributed by atoms with Gasteiger partial charge in [-0.3, -0.25) is 4.98 Å². The summed E-state index contributed by atoms with van der Waals surface area (Å²) in [7, 11) is 0. The molecule has 1 atom stereocenters. The average Bonchev–Trinajstić information content (AvgIpc) is 2.95. The quantitative estimate of drug-likeness (QED) is 0.790. The summed E-state index contributed by atoms with van der Waals surface area (Å²) in [5, 5.41) is 11.3. The van der Waals surface area contributed by atoms with E-state index in [-0.39, 0.29) is 6.04 Å². The van der Waals surface area contributed by atoms with Crippen LogP contribution in [0.4, 0.5) is 5.69 Å². The lowest BCUT2D eigenvalue weighted by atomic mass is 10.1. The second-order valence-electron chi connectivity index (χ2n) is 4.86. The van der Waals surface area contributed by atoms with Crippen LogP contribution >= 0.6 is 0 Å². The summed E-state index contributed by atoms with van der Waals surface area (Å²) >= 11 is 0. The van der Waals surface area contributed by atoms with Crippen molar-refractivity contribution < 1.29 is 4.42 Å². The van der Waals surface area contributed by atoms with Crippen LogP contribution in [0, 0.1) is 6.92 Å². The Hall–Kier alpha value is -2.69. The van der Waals surface area contributed by atoms with Crippen molar-refractivity contribution in [2.24, 2.45) is 0 Å². The molecule has 2 aromatic heterocycles. The molecule has 21 heavy (non-hydrogen) atoms. The molecule has 0 aliphatic rings. The van der Waals surface area contributed by atoms with Crippen LogP contribution < -0.4 is 5.32 Å². The first-order valence-electron chi connectivity index (χ1n) is 6.79. The van der Waals surface area contributed by atoms with E-state index < -0.39 is 0 Å². The van der Waals surface area contributed by atoms with Gasteiger partial charge in [0, 0.05) is 30.6 Å². The lowest BCUT2D eigenvalue weighted by Crippen LogP contribution is -2.06. The van der Waals surface area contributed by atoms with Crippen LogP contribution in [0.15, 0.2) is 53.2 Å². The molecule has 0 aliphatic heterocycles. The highest BCUT2D eigenvalue weighted by Gasteiger charge is 2.07. The van der Waals surface area contributed by atoms with Crippen molar-refractivity contribution >= 4 is 5.69 Å². The molecule has 0 bridgehead atoms. The van der Waals surface area contributed by atoms with Crippen molar-refractivity contribution in [3.05, 3.63) is 60.2 Å². The highest BCUT2D eigenvalue weighted by Crippen LogP contribution is 2.23. The SMILES string of the molecule is Cc1nnc(-c2ccc(N[C@@H](C)c3cccnc3)cc2)o1. The summed E-state index contributed by atoms with van der Waals surface area (Å²) in [5.74, 6) is 1.11. The fourth-order valence-electron chi connectivity index (χ4n) is 2.09. The third-order valence-corrected chi connectivity index (χ3v) is 3.23. The smallest absolute Gasteiger partial charge is 0.247 e. The van der Waals surface area contributed by atoms with Gasteiger partial charge in [0.1, 0.15) is 0 Å². The Kier molecular flexibility index (Phi) is 3.64. The van der Waals surface area contributed by atoms with E-state index in [0.717, 1.165) is 16.8 Å². The van der Waals surface area contributed by atoms with Crippen molar-refractivity contribution in [3.63, 3.8) is 0 Å². The molecule has 3 aromatic rings. The number of pyridine rings is 1. The molecule has 0 saturated carbocycles. The molecule has 0 unspecified atom stereocenters. The third-order valence-electron chi connectivity index (χ3n) is 3.23. The topological polar surface area (TPSA) is 63.8 Å². The van der Waals surface area contributed by atoms with Gasteiger partial charge in [0.15, 0.2) is 0 Å². The second-order valence-corrected chi connectivity index (χ2v) is 4.86. The lowest BCUT2D eigenvalue weighted by Gasteiger charge is -2.15. The van der Waals surface area contributed by atoms with Crippen molar-refractivity contribution in [2.75, 3.05) is 5.32 Å². The first-order valence-corrected chi connectivity index (χ1v) is 6.79. The Morgan fingerprint density at radius 1 is 1.10 bits per heavy atom. The van der Waals surface area contributed by atoms with Crippen LogP contribution in [-0.2, 0) is 0 Å². The minimum atomic E-state index is 0.190. The van der Waals surface area contributed by atoms with Gasteiger partial charge in [0.25, 0.3) is 0 Å². The summed E-state index contributed by atoms with van der Waals surface area (Å²) in [6.45, 7) is 3.88. The largest absolute Gasteiger partial charge is 0.421 e. The number of anilines is 1. The van der Waals surface area contributed by atoms with Gasteiger partial charge in [-0.1, -0.05) is 6.07 Å². The Morgan fingerprint density at radius 2 is 1.90 bits per heavy atom. The zero-order valence-electron chi connectivity index (χ0n) is 11.9. The molecule has 1 aromatic carbocycles. The first-order chi connectivity index (χ1) is 10.2. The Morgan fingerprint density at radius 3 is 2.52 bits per heavy atom. The maximum Gasteiger partial charge on any atom is 0.247 e. The maximum absolute atomic E-state index is 5.41. The molecule has 0 saturated heterocycles. The first kappa shape index (κ1) is 13.3. The monoisotopic (exact) mass is 280 g/mol. The van der Waals surface area contributed by atoms with E-state index in [1.165, 1.54) is 0 Å². The van der Waals surface area contributed by atoms with E-state index in [0.29, 0.717) is 11.8 Å². The number of nitrogens with zero attached hydrogens (tertiary/aromatic N) is 3. The minimum Gasteiger partial charge on any atom is -0.421 e. The van der Waals surface area contributed by atoms with E-state index in [2.05, 4.69) is 33.5 Å². The van der Waals surface area contributed by atoms with Gasteiger partial charge in [-0.15, -0.1) is 10.2 Å². The average molecular weight is 280 g/mol. The molecule has 0 amide bonds. The van der Waals surface area contributed by atoms with Gasteiger partial charge >= 0.3 is 0 Å². The molecule has 0 aliphatic carbocycles. The third kappa shape index (κ3) is 3.08. The van der Waals surface area contributed by atoms with Gasteiger partial charge in [-0.05, 0) is 42.8 Å². The molecule has 5 heteroatoms. The van der Waals surface area contributed by atoms with Gasteiger partial charge in [-0.2, -0.15) is 0 Å². The number of aryl methyl sites for hydroxylation is 1. The summed E-state index contributed by atoms with van der Waals surface area (Å²) in [6.07, 6.45) is 3.64. The summed E-state index contributed by atoms with van der Waals surface area (Å²) in [4.78, 5) is 4.14. The van der Waals surface area contributed by atoms with Crippen LogP contribution in [-0.4, -0.2) is 15.2 Å². The molecule has 5 nitrogen and oxygen atoms in total. The standard InChI is InChI=1S/C16H16N4O/c1-11(14-4-3-9-17-10-14)18-15-7-5-13(6-8-15)16-20-19-12(2)21-16/h3-11,18H,1-2H3/t11-/m0/s1. The Balaban J connectivity index is 1.73. The van der Waals surface area contributed by atoms with Gasteiger partial charge < -0.3 is 9.73 Å². The van der Waals surface area contributed by atoms with E-state index in [1.807, 2.05) is 36.5 Å². The zero-order chi connectivity index (χ0) is 14.7. The van der Waals surface area contributed by atoms with Crippen LogP contribution in [0.5, 0.6) is 0 Å². The summed E-state index contributed by atoms with van der Waals surface area (Å²) in [5.41, 5.74) is 3.09. The number of aromatic nitrogens is 3. The Bertz CT molecular complexity index is 707. The van der Waals surface area contributed by atoms with Crippen LogP contribution in [0.3, 0.4) is 0 Å². The number of nitrogens with one attached hydrogen (secondary N) is 1. The molecule has 0 fully saturated rings. The van der Waals surface area contributed by atoms with Gasteiger partial charge in [0.05, 0.1) is 6.04 Å². The van der Waals surface area contributed by atoms with E-state index in [1.54, 1.807) is 13.1 Å². The highest BCUT2D eigenvalue weighted by atomic mass is 16.4. The van der Waals surface area contributed by atoms with Gasteiger partial charge in [-0.25, -0.2) is 0 Å². The van der Waals surface area contributed by atoms with Crippen LogP contribution in [0.2, 0.25) is 0 Å². The Labute approximate surface area is 123 Å². The number of hydrogen-bond acceptors (Lipinski definition) is 5. The van der Waals surface area contributed by atoms with Crippen molar-refractivity contribution in [1.82, 2.24) is 15.2 Å². The van der Waals surface area contributed by atoms with Crippen molar-refractivity contribution in [1.29, 1.82) is 0 Å². The maximum atomic E-state index is 5.41. The fourth-order valence-corrected chi connectivity index (χ4v) is 2.09. The minimum absolute atomic E-state index is 0.190. The molecular weight excluding hydrogens is 264 g/mol. The molecule has 2 heterocycles. The van der Waals surface area contributed by atoms with E-state index in [9.17, 15) is 0 Å². The molecule has 1 N–H and O–H groups in total. The van der Waals surface area contributed by atoms with E-state index in [4.69, 9.17) is 4.42 Å². The predicted molar refractivity (Wildman–Crippen MR) is 80.7 cm³/mol. The van der Waals surface area contributed by atoms with Crippen molar-refractivity contribution in [3.8, 4) is 11.5 Å². The lowest BCUT2D eigenvalue weighted by molar-refractivity contribution is 0.533. The molecule has 3 rings (SSSR count). The fraction of sp³-hybridized carbons (Fsp3) is 0.188. The van der Waals surface area contributed by atoms with Crippen LogP contribution in [0.1, 0.15) is 24.4 Å². The van der Waals surface area contributed by atoms with Crippen molar-refractivity contribution in [2.45, 2.75) is 19.9 Å². The normalized spacial score (nSPS) is 12.1. The number of benzene rings is 1. The second kappa shape index (κ2) is 5.75. The molecule has 0 radical (unpaired) electrons.